The Morgan fingerprint density at radius 3 is 2.57 bits per heavy atom. The number of amides is 1. The smallest absolute Gasteiger partial charge is 0.342 e. The van der Waals surface area contributed by atoms with E-state index in [1.807, 2.05) is 19.9 Å². The minimum Gasteiger partial charge on any atom is -0.342 e. The van der Waals surface area contributed by atoms with Crippen LogP contribution in [-0.4, -0.2) is 26.9 Å². The van der Waals surface area contributed by atoms with Gasteiger partial charge in [-0.3, -0.25) is 9.78 Å². The first-order valence-corrected chi connectivity index (χ1v) is 9.40. The van der Waals surface area contributed by atoms with E-state index in [4.69, 9.17) is 0 Å². The molecule has 2 aliphatic rings. The van der Waals surface area contributed by atoms with Crippen molar-refractivity contribution in [2.24, 2.45) is 5.92 Å². The first kappa shape index (κ1) is 18.8. The third-order valence-electron chi connectivity index (χ3n) is 5.71. The molecule has 0 aromatic carbocycles. The highest BCUT2D eigenvalue weighted by Crippen LogP contribution is 2.34. The SMILES string of the molecule is Cc1ccc(C)n1C1C=CC(C(=O)N2CCc3ncc(C(F)(F)F)cc3C2)C1. The normalized spacial score (nSPS) is 21.8. The molecular weight excluding hydrogens is 367 g/mol. The maximum Gasteiger partial charge on any atom is 0.417 e. The van der Waals surface area contributed by atoms with Crippen molar-refractivity contribution < 1.29 is 18.0 Å². The van der Waals surface area contributed by atoms with Gasteiger partial charge in [-0.15, -0.1) is 0 Å². The zero-order chi connectivity index (χ0) is 20.1. The lowest BCUT2D eigenvalue weighted by Crippen LogP contribution is -2.39. The molecule has 1 amide bonds. The molecule has 148 valence electrons. The Labute approximate surface area is 161 Å². The van der Waals surface area contributed by atoms with Gasteiger partial charge in [-0.25, -0.2) is 0 Å². The number of carbonyl (C=O) groups is 1. The molecule has 4 rings (SSSR count). The van der Waals surface area contributed by atoms with Gasteiger partial charge in [-0.05, 0) is 44.0 Å². The summed E-state index contributed by atoms with van der Waals surface area (Å²) in [5, 5.41) is 0. The number of aryl methyl sites for hydroxylation is 2. The molecule has 0 bridgehead atoms. The van der Waals surface area contributed by atoms with Crippen LogP contribution in [0.2, 0.25) is 0 Å². The van der Waals surface area contributed by atoms with Crippen LogP contribution in [0.5, 0.6) is 0 Å². The number of allylic oxidation sites excluding steroid dienone is 1. The van der Waals surface area contributed by atoms with E-state index >= 15 is 0 Å². The Balaban J connectivity index is 1.48. The van der Waals surface area contributed by atoms with E-state index < -0.39 is 11.7 Å². The van der Waals surface area contributed by atoms with Crippen LogP contribution in [0.1, 0.15) is 40.7 Å². The van der Waals surface area contributed by atoms with Crippen molar-refractivity contribution in [3.8, 4) is 0 Å². The quantitative estimate of drug-likeness (QED) is 0.722. The summed E-state index contributed by atoms with van der Waals surface area (Å²) in [6.45, 7) is 4.76. The zero-order valence-corrected chi connectivity index (χ0v) is 15.8. The lowest BCUT2D eigenvalue weighted by Gasteiger charge is -2.30. The Morgan fingerprint density at radius 1 is 1.18 bits per heavy atom. The monoisotopic (exact) mass is 389 g/mol. The van der Waals surface area contributed by atoms with Gasteiger partial charge in [0.25, 0.3) is 0 Å². The second-order valence-electron chi connectivity index (χ2n) is 7.62. The number of pyridine rings is 1. The fourth-order valence-corrected chi connectivity index (χ4v) is 4.26. The van der Waals surface area contributed by atoms with E-state index in [0.717, 1.165) is 23.7 Å². The Morgan fingerprint density at radius 2 is 1.89 bits per heavy atom. The van der Waals surface area contributed by atoms with Gasteiger partial charge in [0.1, 0.15) is 0 Å². The molecule has 2 unspecified atom stereocenters. The summed E-state index contributed by atoms with van der Waals surface area (Å²) in [4.78, 5) is 18.6. The van der Waals surface area contributed by atoms with Crippen LogP contribution < -0.4 is 0 Å². The summed E-state index contributed by atoms with van der Waals surface area (Å²) >= 11 is 0. The molecule has 4 nitrogen and oxygen atoms in total. The average Bonchev–Trinajstić information content (AvgIpc) is 3.26. The van der Waals surface area contributed by atoms with Gasteiger partial charge in [0.05, 0.1) is 17.5 Å². The van der Waals surface area contributed by atoms with Crippen molar-refractivity contribution in [1.29, 1.82) is 0 Å². The summed E-state index contributed by atoms with van der Waals surface area (Å²) in [7, 11) is 0. The molecule has 0 saturated carbocycles. The number of halogens is 3. The van der Waals surface area contributed by atoms with Crippen molar-refractivity contribution in [3.63, 3.8) is 0 Å². The van der Waals surface area contributed by atoms with Gasteiger partial charge in [0.2, 0.25) is 5.91 Å². The third-order valence-corrected chi connectivity index (χ3v) is 5.71. The van der Waals surface area contributed by atoms with Gasteiger partial charge in [-0.1, -0.05) is 12.2 Å². The van der Waals surface area contributed by atoms with E-state index in [9.17, 15) is 18.0 Å². The van der Waals surface area contributed by atoms with Crippen molar-refractivity contribution in [1.82, 2.24) is 14.5 Å². The van der Waals surface area contributed by atoms with E-state index in [1.165, 1.54) is 0 Å². The lowest BCUT2D eigenvalue weighted by molar-refractivity contribution is -0.137. The standard InChI is InChI=1S/C21H22F3N3O/c1-13-3-4-14(2)27(13)18-6-5-15(10-18)20(28)26-8-7-19-16(12-26)9-17(11-25-19)21(22,23)24/h3-6,9,11,15,18H,7-8,10,12H2,1-2H3. The van der Waals surface area contributed by atoms with Crippen molar-refractivity contribution in [3.05, 3.63) is 64.8 Å². The Bertz CT molecular complexity index is 925. The summed E-state index contributed by atoms with van der Waals surface area (Å²) < 4.78 is 41.1. The van der Waals surface area contributed by atoms with Crippen molar-refractivity contribution >= 4 is 5.91 Å². The van der Waals surface area contributed by atoms with Crippen LogP contribution in [0.25, 0.3) is 0 Å². The number of fused-ring (bicyclic) bond motifs is 1. The maximum atomic E-state index is 13.0. The highest BCUT2D eigenvalue weighted by atomic mass is 19.4. The van der Waals surface area contributed by atoms with E-state index in [0.29, 0.717) is 30.6 Å². The molecule has 0 radical (unpaired) electrons. The summed E-state index contributed by atoms with van der Waals surface area (Å²) in [5.41, 5.74) is 2.68. The first-order chi connectivity index (χ1) is 13.2. The Hall–Kier alpha value is -2.57. The van der Waals surface area contributed by atoms with Crippen LogP contribution >= 0.6 is 0 Å². The van der Waals surface area contributed by atoms with E-state index in [-0.39, 0.29) is 24.4 Å². The first-order valence-electron chi connectivity index (χ1n) is 9.40. The minimum absolute atomic E-state index is 0.0238. The molecule has 3 heterocycles. The topological polar surface area (TPSA) is 38.1 Å². The minimum atomic E-state index is -4.43. The van der Waals surface area contributed by atoms with Crippen LogP contribution in [-0.2, 0) is 23.9 Å². The van der Waals surface area contributed by atoms with Gasteiger partial charge >= 0.3 is 6.18 Å². The molecule has 1 aliphatic heterocycles. The van der Waals surface area contributed by atoms with Gasteiger partial charge in [0, 0.05) is 42.8 Å². The number of alkyl halides is 3. The molecule has 2 aromatic heterocycles. The molecule has 2 aromatic rings. The van der Waals surface area contributed by atoms with Gasteiger partial charge in [0.15, 0.2) is 0 Å². The molecule has 1 aliphatic carbocycles. The van der Waals surface area contributed by atoms with Crippen molar-refractivity contribution in [2.45, 2.75) is 45.5 Å². The largest absolute Gasteiger partial charge is 0.417 e. The number of nitrogens with zero attached hydrogens (tertiary/aromatic N) is 3. The van der Waals surface area contributed by atoms with E-state index in [1.54, 1.807) is 4.90 Å². The summed E-state index contributed by atoms with van der Waals surface area (Å²) in [6, 6.07) is 5.39. The molecule has 0 saturated heterocycles. The van der Waals surface area contributed by atoms with Crippen LogP contribution in [0.3, 0.4) is 0 Å². The molecule has 7 heteroatoms. The number of aromatic nitrogens is 2. The van der Waals surface area contributed by atoms with Crippen LogP contribution in [0.4, 0.5) is 13.2 Å². The fourth-order valence-electron chi connectivity index (χ4n) is 4.26. The molecular formula is C21H22F3N3O. The highest BCUT2D eigenvalue weighted by molar-refractivity contribution is 5.81. The summed E-state index contributed by atoms with van der Waals surface area (Å²) in [5.74, 6) is -0.268. The fraction of sp³-hybridized carbons (Fsp3) is 0.429. The van der Waals surface area contributed by atoms with E-state index in [2.05, 4.69) is 27.8 Å². The highest BCUT2D eigenvalue weighted by Gasteiger charge is 2.34. The molecule has 0 fully saturated rings. The second kappa shape index (κ2) is 6.79. The molecule has 0 N–H and O–H groups in total. The number of carbonyl (C=O) groups excluding carboxylic acids is 1. The van der Waals surface area contributed by atoms with Crippen LogP contribution in [0, 0.1) is 19.8 Å². The summed E-state index contributed by atoms with van der Waals surface area (Å²) in [6.07, 6.45) is 1.61. The number of hydrogen-bond donors (Lipinski definition) is 0. The maximum absolute atomic E-state index is 13.0. The Kier molecular flexibility index (Phi) is 4.56. The van der Waals surface area contributed by atoms with Gasteiger partial charge < -0.3 is 9.47 Å². The average molecular weight is 389 g/mol. The molecule has 0 spiro atoms. The lowest BCUT2D eigenvalue weighted by atomic mass is 10.00. The number of hydrogen-bond acceptors (Lipinski definition) is 2. The molecule has 28 heavy (non-hydrogen) atoms. The third kappa shape index (κ3) is 3.34. The second-order valence-corrected chi connectivity index (χ2v) is 7.62. The predicted octanol–water partition coefficient (Wildman–Crippen LogP) is 4.22. The predicted molar refractivity (Wildman–Crippen MR) is 98.6 cm³/mol. The van der Waals surface area contributed by atoms with Crippen molar-refractivity contribution in [2.75, 3.05) is 6.54 Å². The zero-order valence-electron chi connectivity index (χ0n) is 15.8. The molecule has 2 atom stereocenters. The van der Waals surface area contributed by atoms with Gasteiger partial charge in [-0.2, -0.15) is 13.2 Å². The number of rotatable bonds is 2. The van der Waals surface area contributed by atoms with Crippen LogP contribution in [0.15, 0.2) is 36.5 Å².